The minimum Gasteiger partial charge on any atom is -0.381 e. The number of hydrogen-bond donors (Lipinski definition) is 1. The summed E-state index contributed by atoms with van der Waals surface area (Å²) < 4.78 is 0. The van der Waals surface area contributed by atoms with Gasteiger partial charge in [-0.2, -0.15) is 5.26 Å². The number of nitrogens with zero attached hydrogens (tertiary/aromatic N) is 5. The van der Waals surface area contributed by atoms with Crippen LogP contribution in [0.4, 0.5) is 11.5 Å². The fourth-order valence-corrected chi connectivity index (χ4v) is 3.16. The van der Waals surface area contributed by atoms with Crippen LogP contribution in [0.5, 0.6) is 0 Å². The van der Waals surface area contributed by atoms with Gasteiger partial charge in [0.05, 0.1) is 17.4 Å². The Bertz CT molecular complexity index is 810. The molecule has 7 heteroatoms. The van der Waals surface area contributed by atoms with Gasteiger partial charge < -0.3 is 15.1 Å². The molecule has 140 valence electrons. The highest BCUT2D eigenvalue weighted by Crippen LogP contribution is 2.19. The molecule has 2 aromatic heterocycles. The summed E-state index contributed by atoms with van der Waals surface area (Å²) in [5.74, 6) is 0.852. The van der Waals surface area contributed by atoms with Crippen molar-refractivity contribution in [1.29, 1.82) is 5.26 Å². The Labute approximate surface area is 159 Å². The highest BCUT2D eigenvalue weighted by Gasteiger charge is 2.22. The fraction of sp³-hybridized carbons (Fsp3) is 0.400. The molecule has 7 nitrogen and oxygen atoms in total. The van der Waals surface area contributed by atoms with Crippen molar-refractivity contribution in [3.63, 3.8) is 0 Å². The van der Waals surface area contributed by atoms with Crippen LogP contribution in [0, 0.1) is 11.3 Å². The van der Waals surface area contributed by atoms with Crippen molar-refractivity contribution in [1.82, 2.24) is 14.9 Å². The van der Waals surface area contributed by atoms with Crippen LogP contribution >= 0.6 is 0 Å². The predicted octanol–water partition coefficient (Wildman–Crippen LogP) is 2.52. The van der Waals surface area contributed by atoms with Crippen molar-refractivity contribution in [3.05, 3.63) is 47.9 Å². The molecule has 3 rings (SSSR count). The fourth-order valence-electron chi connectivity index (χ4n) is 3.16. The number of amides is 1. The van der Waals surface area contributed by atoms with Crippen LogP contribution in [0.25, 0.3) is 0 Å². The van der Waals surface area contributed by atoms with Crippen molar-refractivity contribution < 1.29 is 4.79 Å². The maximum absolute atomic E-state index is 12.7. The third-order valence-corrected chi connectivity index (χ3v) is 4.70. The van der Waals surface area contributed by atoms with Gasteiger partial charge in [0.1, 0.15) is 17.6 Å². The van der Waals surface area contributed by atoms with Crippen LogP contribution < -0.4 is 10.2 Å². The smallest absolute Gasteiger partial charge is 0.272 e. The maximum atomic E-state index is 12.7. The minimum atomic E-state index is -0.0721. The zero-order chi connectivity index (χ0) is 19.2. The first-order valence-electron chi connectivity index (χ1n) is 9.12. The second-order valence-corrected chi connectivity index (χ2v) is 6.91. The summed E-state index contributed by atoms with van der Waals surface area (Å²) >= 11 is 0. The Morgan fingerprint density at radius 1 is 1.19 bits per heavy atom. The van der Waals surface area contributed by atoms with Crippen LogP contribution in [0.1, 0.15) is 35.3 Å². The van der Waals surface area contributed by atoms with Gasteiger partial charge >= 0.3 is 0 Å². The van der Waals surface area contributed by atoms with Crippen LogP contribution in [0.3, 0.4) is 0 Å². The largest absolute Gasteiger partial charge is 0.381 e. The molecule has 1 aliphatic heterocycles. The van der Waals surface area contributed by atoms with Gasteiger partial charge in [0, 0.05) is 39.4 Å². The number of carbonyl (C=O) groups excluding carboxylic acids is 1. The number of nitriles is 1. The standard InChI is InChI=1S/C20H24N6O/c1-25(2)19-8-6-17(14-23-19)24-16-4-3-10-26(11-9-16)20(27)18-7-5-15(12-21)13-22-18/h5-8,13-14,16,24H,3-4,9-11H2,1-2H3/t16-/m1/s1. The average molecular weight is 364 g/mol. The number of pyridine rings is 2. The van der Waals surface area contributed by atoms with E-state index in [1.54, 1.807) is 12.1 Å². The molecular weight excluding hydrogens is 340 g/mol. The summed E-state index contributed by atoms with van der Waals surface area (Å²) in [6, 6.07) is 9.61. The Kier molecular flexibility index (Phi) is 5.87. The van der Waals surface area contributed by atoms with Gasteiger partial charge in [0.2, 0.25) is 0 Å². The molecule has 1 amide bonds. The van der Waals surface area contributed by atoms with E-state index in [0.29, 0.717) is 23.8 Å². The number of aromatic nitrogens is 2. The van der Waals surface area contributed by atoms with E-state index in [-0.39, 0.29) is 5.91 Å². The molecule has 0 bridgehead atoms. The lowest BCUT2D eigenvalue weighted by Crippen LogP contribution is -2.33. The Hall–Kier alpha value is -3.14. The van der Waals surface area contributed by atoms with E-state index in [0.717, 1.165) is 37.3 Å². The summed E-state index contributed by atoms with van der Waals surface area (Å²) in [6.07, 6.45) is 6.10. The lowest BCUT2D eigenvalue weighted by molar-refractivity contribution is 0.0755. The zero-order valence-corrected chi connectivity index (χ0v) is 15.7. The van der Waals surface area contributed by atoms with E-state index < -0.39 is 0 Å². The Morgan fingerprint density at radius 3 is 2.67 bits per heavy atom. The number of carbonyl (C=O) groups is 1. The SMILES string of the molecule is CN(C)c1ccc(N[C@@H]2CCCN(C(=O)c3ccc(C#N)cn3)CC2)cn1. The van der Waals surface area contributed by atoms with Crippen LogP contribution in [0.2, 0.25) is 0 Å². The number of hydrogen-bond acceptors (Lipinski definition) is 6. The van der Waals surface area contributed by atoms with E-state index in [1.807, 2.05) is 48.3 Å². The molecule has 1 aliphatic rings. The molecule has 3 heterocycles. The lowest BCUT2D eigenvalue weighted by Gasteiger charge is -2.21. The van der Waals surface area contributed by atoms with E-state index in [1.165, 1.54) is 6.20 Å². The molecular formula is C20H24N6O. The first kappa shape index (κ1) is 18.6. The van der Waals surface area contributed by atoms with Crippen LogP contribution in [-0.4, -0.2) is 54.0 Å². The van der Waals surface area contributed by atoms with Gasteiger partial charge in [-0.25, -0.2) is 9.97 Å². The second kappa shape index (κ2) is 8.49. The summed E-state index contributed by atoms with van der Waals surface area (Å²) in [7, 11) is 3.93. The van der Waals surface area contributed by atoms with Crippen molar-refractivity contribution in [2.45, 2.75) is 25.3 Å². The topological polar surface area (TPSA) is 85.1 Å². The Morgan fingerprint density at radius 2 is 2.04 bits per heavy atom. The van der Waals surface area contributed by atoms with Crippen molar-refractivity contribution in [2.75, 3.05) is 37.4 Å². The van der Waals surface area contributed by atoms with Crippen molar-refractivity contribution in [3.8, 4) is 6.07 Å². The first-order valence-corrected chi connectivity index (χ1v) is 9.12. The first-order chi connectivity index (χ1) is 13.1. The van der Waals surface area contributed by atoms with Gasteiger partial charge in [0.25, 0.3) is 5.91 Å². The van der Waals surface area contributed by atoms with Gasteiger partial charge in [-0.1, -0.05) is 0 Å². The van der Waals surface area contributed by atoms with Gasteiger partial charge in [0.15, 0.2) is 0 Å². The molecule has 0 aliphatic carbocycles. The number of rotatable bonds is 4. The number of anilines is 2. The molecule has 1 fully saturated rings. The zero-order valence-electron chi connectivity index (χ0n) is 15.7. The molecule has 0 radical (unpaired) electrons. The third-order valence-electron chi connectivity index (χ3n) is 4.70. The Balaban J connectivity index is 1.58. The summed E-state index contributed by atoms with van der Waals surface area (Å²) in [5.41, 5.74) is 1.85. The molecule has 1 N–H and O–H groups in total. The maximum Gasteiger partial charge on any atom is 0.272 e. The van der Waals surface area contributed by atoms with Crippen molar-refractivity contribution >= 4 is 17.4 Å². The molecule has 0 aromatic carbocycles. The highest BCUT2D eigenvalue weighted by molar-refractivity contribution is 5.92. The van der Waals surface area contributed by atoms with E-state index in [4.69, 9.17) is 5.26 Å². The summed E-state index contributed by atoms with van der Waals surface area (Å²) in [5, 5.41) is 12.4. The van der Waals surface area contributed by atoms with Gasteiger partial charge in [-0.05, 0) is 43.5 Å². The van der Waals surface area contributed by atoms with Crippen LogP contribution in [-0.2, 0) is 0 Å². The van der Waals surface area contributed by atoms with E-state index in [9.17, 15) is 4.79 Å². The molecule has 1 atom stereocenters. The molecule has 0 saturated carbocycles. The minimum absolute atomic E-state index is 0.0721. The molecule has 0 spiro atoms. The number of nitrogens with one attached hydrogen (secondary N) is 1. The van der Waals surface area contributed by atoms with Crippen LogP contribution in [0.15, 0.2) is 36.7 Å². The lowest BCUT2D eigenvalue weighted by atomic mass is 10.1. The van der Waals surface area contributed by atoms with E-state index in [2.05, 4.69) is 15.3 Å². The second-order valence-electron chi connectivity index (χ2n) is 6.91. The van der Waals surface area contributed by atoms with E-state index >= 15 is 0 Å². The van der Waals surface area contributed by atoms with Crippen molar-refractivity contribution in [2.24, 2.45) is 0 Å². The normalized spacial score (nSPS) is 16.9. The molecule has 0 unspecified atom stereocenters. The third kappa shape index (κ3) is 4.73. The number of likely N-dealkylation sites (tertiary alicyclic amines) is 1. The highest BCUT2D eigenvalue weighted by atomic mass is 16.2. The molecule has 1 saturated heterocycles. The predicted molar refractivity (Wildman–Crippen MR) is 105 cm³/mol. The van der Waals surface area contributed by atoms with Gasteiger partial charge in [-0.15, -0.1) is 0 Å². The monoisotopic (exact) mass is 364 g/mol. The average Bonchev–Trinajstić information content (AvgIpc) is 2.93. The van der Waals surface area contributed by atoms with Gasteiger partial charge in [-0.3, -0.25) is 4.79 Å². The quantitative estimate of drug-likeness (QED) is 0.897. The molecule has 27 heavy (non-hydrogen) atoms. The summed E-state index contributed by atoms with van der Waals surface area (Å²) in [4.78, 5) is 25.0. The summed E-state index contributed by atoms with van der Waals surface area (Å²) in [6.45, 7) is 1.40. The molecule has 2 aromatic rings.